The summed E-state index contributed by atoms with van der Waals surface area (Å²) in [6, 6.07) is 7.61. The lowest BCUT2D eigenvalue weighted by atomic mass is 10.2. The van der Waals surface area contributed by atoms with Crippen molar-refractivity contribution in [2.45, 2.75) is 0 Å². The number of hydrogen-bond donors (Lipinski definition) is 1. The van der Waals surface area contributed by atoms with Crippen molar-refractivity contribution in [2.24, 2.45) is 0 Å². The summed E-state index contributed by atoms with van der Waals surface area (Å²) in [5.41, 5.74) is 9.77. The number of H-pyrrole nitrogens is 1. The van der Waals surface area contributed by atoms with Crippen molar-refractivity contribution in [3.63, 3.8) is 0 Å². The Balaban J connectivity index is 1.77. The molecule has 0 atom stereocenters. The lowest BCUT2D eigenvalue weighted by Gasteiger charge is -2.03. The molecule has 4 rings (SSSR count). The molecule has 0 aromatic carbocycles. The summed E-state index contributed by atoms with van der Waals surface area (Å²) in [6.07, 6.45) is 4.95. The number of nitrogens with one attached hydrogen (secondary N) is 2. The van der Waals surface area contributed by atoms with Gasteiger partial charge in [-0.3, -0.25) is 15.8 Å². The molecule has 0 saturated carbocycles. The van der Waals surface area contributed by atoms with Crippen LogP contribution < -0.4 is 5.73 Å². The molecule has 23 heavy (non-hydrogen) atoms. The Kier molecular flexibility index (Phi) is 3.28. The van der Waals surface area contributed by atoms with Gasteiger partial charge in [0.05, 0.1) is 16.8 Å². The van der Waals surface area contributed by atoms with Crippen LogP contribution >= 0.6 is 11.3 Å². The van der Waals surface area contributed by atoms with Gasteiger partial charge in [0.15, 0.2) is 17.3 Å². The predicted molar refractivity (Wildman–Crippen MR) is 86.7 cm³/mol. The van der Waals surface area contributed by atoms with E-state index < -0.39 is 0 Å². The van der Waals surface area contributed by atoms with Gasteiger partial charge in [-0.15, -0.1) is 11.3 Å². The van der Waals surface area contributed by atoms with E-state index in [1.165, 1.54) is 0 Å². The third-order valence-corrected chi connectivity index (χ3v) is 4.06. The van der Waals surface area contributed by atoms with Gasteiger partial charge in [-0.25, -0.2) is 15.0 Å². The van der Waals surface area contributed by atoms with E-state index in [0.29, 0.717) is 23.0 Å². The van der Waals surface area contributed by atoms with Crippen LogP contribution in [-0.4, -0.2) is 30.1 Å². The molecular formula is C15H10N7S. The van der Waals surface area contributed by atoms with Crippen molar-refractivity contribution in [1.82, 2.24) is 35.9 Å². The minimum atomic E-state index is 0.0365. The fraction of sp³-hybridized carbons (Fsp3) is 0. The van der Waals surface area contributed by atoms with Gasteiger partial charge in [0, 0.05) is 18.0 Å². The second kappa shape index (κ2) is 5.58. The van der Waals surface area contributed by atoms with E-state index in [1.54, 1.807) is 29.9 Å². The topological polar surface area (TPSA) is 104 Å². The highest BCUT2D eigenvalue weighted by Crippen LogP contribution is 2.27. The molecular weight excluding hydrogens is 310 g/mol. The molecule has 8 heteroatoms. The number of nitrogens with zero attached hydrogens (tertiary/aromatic N) is 5. The first kappa shape index (κ1) is 13.5. The molecule has 4 heterocycles. The van der Waals surface area contributed by atoms with Crippen LogP contribution in [0.3, 0.4) is 0 Å². The molecule has 0 aliphatic heterocycles. The van der Waals surface area contributed by atoms with Crippen molar-refractivity contribution >= 4 is 17.2 Å². The van der Waals surface area contributed by atoms with E-state index >= 15 is 0 Å². The zero-order valence-electron chi connectivity index (χ0n) is 11.8. The molecule has 111 valence electrons. The van der Waals surface area contributed by atoms with Crippen molar-refractivity contribution in [3.8, 4) is 33.5 Å². The molecule has 0 spiro atoms. The second-order valence-corrected chi connectivity index (χ2v) is 5.63. The molecule has 0 aliphatic rings. The predicted octanol–water partition coefficient (Wildman–Crippen LogP) is 2.97. The molecule has 1 radical (unpaired) electrons. The largest absolute Gasteiger partial charge is 0.281 e. The highest BCUT2D eigenvalue weighted by atomic mass is 32.1. The van der Waals surface area contributed by atoms with Crippen LogP contribution in [0.2, 0.25) is 0 Å². The summed E-state index contributed by atoms with van der Waals surface area (Å²) in [4.78, 5) is 18.0. The maximum absolute atomic E-state index is 7.97. The molecule has 0 unspecified atom stereocenters. The van der Waals surface area contributed by atoms with Gasteiger partial charge < -0.3 is 0 Å². The zero-order chi connectivity index (χ0) is 15.6. The normalized spacial score (nSPS) is 10.8. The van der Waals surface area contributed by atoms with Gasteiger partial charge in [-0.1, -0.05) is 6.07 Å². The number of aromatic amines is 1. The van der Waals surface area contributed by atoms with Gasteiger partial charge in [0.2, 0.25) is 5.82 Å². The Morgan fingerprint density at radius 3 is 2.83 bits per heavy atom. The molecule has 0 saturated heterocycles. The van der Waals surface area contributed by atoms with Gasteiger partial charge in [0.1, 0.15) is 0 Å². The fourth-order valence-electron chi connectivity index (χ4n) is 2.09. The second-order valence-electron chi connectivity index (χ2n) is 4.68. The van der Waals surface area contributed by atoms with E-state index in [0.717, 1.165) is 10.4 Å². The summed E-state index contributed by atoms with van der Waals surface area (Å²) in [7, 11) is 0. The Bertz CT molecular complexity index is 932. The number of hydrogen-bond acceptors (Lipinski definition) is 6. The van der Waals surface area contributed by atoms with Crippen LogP contribution in [0.25, 0.3) is 33.5 Å². The molecule has 0 aliphatic carbocycles. The molecule has 0 amide bonds. The standard InChI is InChI=1S/C15H10N7S/c16-13-12(15-20-14(21-22-15)11-4-2-6-23-11)19-10(8-18-13)9-3-1-5-17-7-9/h1-8,16H,(H,20,21,22). The highest BCUT2D eigenvalue weighted by Gasteiger charge is 2.15. The zero-order valence-corrected chi connectivity index (χ0v) is 12.6. The van der Waals surface area contributed by atoms with Gasteiger partial charge in [-0.2, -0.15) is 5.10 Å². The van der Waals surface area contributed by atoms with Gasteiger partial charge >= 0.3 is 0 Å². The van der Waals surface area contributed by atoms with Gasteiger partial charge in [0.25, 0.3) is 0 Å². The third kappa shape index (κ3) is 2.55. The Hall–Kier alpha value is -3.13. The van der Waals surface area contributed by atoms with Crippen molar-refractivity contribution < 1.29 is 0 Å². The Labute approximate surface area is 135 Å². The van der Waals surface area contributed by atoms with Crippen LogP contribution in [0, 0.1) is 0 Å². The number of aromatic nitrogens is 6. The van der Waals surface area contributed by atoms with Crippen LogP contribution in [0.4, 0.5) is 5.82 Å². The monoisotopic (exact) mass is 320 g/mol. The van der Waals surface area contributed by atoms with Crippen molar-refractivity contribution in [3.05, 3.63) is 48.2 Å². The SMILES string of the molecule is [NH]c1ncc(-c2cccnc2)nc1-c1n[nH]c(-c2cccs2)n1. The smallest absolute Gasteiger partial charge is 0.204 e. The summed E-state index contributed by atoms with van der Waals surface area (Å²) in [6.45, 7) is 0. The Morgan fingerprint density at radius 1 is 1.09 bits per heavy atom. The van der Waals surface area contributed by atoms with Crippen molar-refractivity contribution in [1.29, 1.82) is 0 Å². The fourth-order valence-corrected chi connectivity index (χ4v) is 2.75. The van der Waals surface area contributed by atoms with E-state index in [1.807, 2.05) is 29.6 Å². The Morgan fingerprint density at radius 2 is 2.04 bits per heavy atom. The summed E-state index contributed by atoms with van der Waals surface area (Å²) >= 11 is 1.56. The van der Waals surface area contributed by atoms with E-state index in [-0.39, 0.29) is 5.82 Å². The van der Waals surface area contributed by atoms with Gasteiger partial charge in [-0.05, 0) is 23.6 Å². The molecule has 0 bridgehead atoms. The van der Waals surface area contributed by atoms with E-state index in [4.69, 9.17) is 5.73 Å². The minimum Gasteiger partial charge on any atom is -0.281 e. The minimum absolute atomic E-state index is 0.0365. The molecule has 4 aromatic heterocycles. The molecule has 2 N–H and O–H groups in total. The van der Waals surface area contributed by atoms with Crippen LogP contribution in [-0.2, 0) is 0 Å². The third-order valence-electron chi connectivity index (χ3n) is 3.18. The summed E-state index contributed by atoms with van der Waals surface area (Å²) in [5, 5.41) is 9.02. The summed E-state index contributed by atoms with van der Waals surface area (Å²) < 4.78 is 0. The highest BCUT2D eigenvalue weighted by molar-refractivity contribution is 7.13. The van der Waals surface area contributed by atoms with Crippen molar-refractivity contribution in [2.75, 3.05) is 0 Å². The summed E-state index contributed by atoms with van der Waals surface area (Å²) in [5.74, 6) is 1.05. The lowest BCUT2D eigenvalue weighted by molar-refractivity contribution is 1.08. The van der Waals surface area contributed by atoms with Crippen LogP contribution in [0.1, 0.15) is 0 Å². The van der Waals surface area contributed by atoms with Crippen LogP contribution in [0.15, 0.2) is 48.2 Å². The first-order chi connectivity index (χ1) is 11.3. The quantitative estimate of drug-likeness (QED) is 0.625. The molecule has 7 nitrogen and oxygen atoms in total. The van der Waals surface area contributed by atoms with E-state index in [9.17, 15) is 0 Å². The molecule has 0 fully saturated rings. The molecule has 4 aromatic rings. The average molecular weight is 320 g/mol. The lowest BCUT2D eigenvalue weighted by Crippen LogP contribution is -1.95. The number of rotatable bonds is 3. The number of pyridine rings is 1. The first-order valence-corrected chi connectivity index (χ1v) is 7.65. The first-order valence-electron chi connectivity index (χ1n) is 6.77. The maximum Gasteiger partial charge on any atom is 0.204 e. The maximum atomic E-state index is 7.97. The average Bonchev–Trinajstić information content (AvgIpc) is 3.27. The van der Waals surface area contributed by atoms with E-state index in [2.05, 4.69) is 30.1 Å². The van der Waals surface area contributed by atoms with Crippen LogP contribution in [0.5, 0.6) is 0 Å². The number of thiophene rings is 1.